The van der Waals surface area contributed by atoms with E-state index in [2.05, 4.69) is 23.6 Å². The Morgan fingerprint density at radius 1 is 0.963 bits per heavy atom. The molecule has 152 valence electrons. The van der Waals surface area contributed by atoms with Crippen LogP contribution in [0.2, 0.25) is 5.02 Å². The molecule has 0 aromatic heterocycles. The summed E-state index contributed by atoms with van der Waals surface area (Å²) in [7, 11) is 1.66. The quantitative estimate of drug-likeness (QED) is 0.495. The minimum Gasteiger partial charge on any atom is -0.493 e. The van der Waals surface area contributed by atoms with Crippen molar-refractivity contribution in [3.05, 3.63) is 58.6 Å². The lowest BCUT2D eigenvalue weighted by atomic mass is 10.2. The van der Waals surface area contributed by atoms with Crippen molar-refractivity contribution in [3.63, 3.8) is 0 Å². The van der Waals surface area contributed by atoms with E-state index >= 15 is 0 Å². The monoisotopic (exact) mass is 434 g/mol. The SMILES string of the molecule is CCNCCCNCc1ccc(OCc2ccccc2Cl)c(OC)c1.Cl.Cl. The highest BCUT2D eigenvalue weighted by molar-refractivity contribution is 6.31. The molecule has 0 radical (unpaired) electrons. The molecular formula is C20H29Cl3N2O2. The smallest absolute Gasteiger partial charge is 0.161 e. The number of hydrogen-bond donors (Lipinski definition) is 2. The lowest BCUT2D eigenvalue weighted by molar-refractivity contribution is 0.284. The van der Waals surface area contributed by atoms with Gasteiger partial charge in [0.05, 0.1) is 7.11 Å². The van der Waals surface area contributed by atoms with Gasteiger partial charge < -0.3 is 20.1 Å². The molecule has 0 aliphatic rings. The first-order chi connectivity index (χ1) is 12.2. The molecule has 0 heterocycles. The first kappa shape index (κ1) is 25.8. The standard InChI is InChI=1S/C20H27ClN2O2.2ClH/c1-3-22-11-6-12-23-14-16-9-10-19(20(13-16)24-2)25-15-17-7-4-5-8-18(17)21;;/h4-5,7-10,13,22-23H,3,6,11-12,14-15H2,1-2H3;2*1H. The summed E-state index contributed by atoms with van der Waals surface area (Å²) in [6.07, 6.45) is 1.12. The Hall–Kier alpha value is -1.17. The van der Waals surface area contributed by atoms with Gasteiger partial charge in [0, 0.05) is 17.1 Å². The molecule has 0 saturated heterocycles. The molecule has 0 atom stereocenters. The molecular weight excluding hydrogens is 407 g/mol. The lowest BCUT2D eigenvalue weighted by Crippen LogP contribution is -2.21. The van der Waals surface area contributed by atoms with E-state index in [1.807, 2.05) is 36.4 Å². The summed E-state index contributed by atoms with van der Waals surface area (Å²) in [6.45, 7) is 6.40. The number of nitrogens with one attached hydrogen (secondary N) is 2. The van der Waals surface area contributed by atoms with Crippen molar-refractivity contribution in [2.45, 2.75) is 26.5 Å². The number of halogens is 3. The number of rotatable bonds is 11. The van der Waals surface area contributed by atoms with Crippen LogP contribution in [0.25, 0.3) is 0 Å². The van der Waals surface area contributed by atoms with Gasteiger partial charge in [0.15, 0.2) is 11.5 Å². The Balaban J connectivity index is 0.00000338. The van der Waals surface area contributed by atoms with Gasteiger partial charge in [-0.3, -0.25) is 0 Å². The van der Waals surface area contributed by atoms with Gasteiger partial charge in [0.2, 0.25) is 0 Å². The maximum Gasteiger partial charge on any atom is 0.161 e. The van der Waals surface area contributed by atoms with Crippen LogP contribution in [0.4, 0.5) is 0 Å². The zero-order valence-electron chi connectivity index (χ0n) is 15.8. The van der Waals surface area contributed by atoms with E-state index in [0.29, 0.717) is 11.6 Å². The van der Waals surface area contributed by atoms with Crippen molar-refractivity contribution in [2.24, 2.45) is 0 Å². The van der Waals surface area contributed by atoms with Crippen LogP contribution >= 0.6 is 36.4 Å². The molecule has 2 rings (SSSR count). The highest BCUT2D eigenvalue weighted by atomic mass is 35.5. The van der Waals surface area contributed by atoms with Gasteiger partial charge in [-0.05, 0) is 49.8 Å². The fraction of sp³-hybridized carbons (Fsp3) is 0.400. The van der Waals surface area contributed by atoms with Crippen LogP contribution in [0, 0.1) is 0 Å². The van der Waals surface area contributed by atoms with Crippen LogP contribution in [0.15, 0.2) is 42.5 Å². The van der Waals surface area contributed by atoms with Gasteiger partial charge in [-0.15, -0.1) is 24.8 Å². The van der Waals surface area contributed by atoms with Crippen molar-refractivity contribution in [1.29, 1.82) is 0 Å². The molecule has 2 aromatic rings. The van der Waals surface area contributed by atoms with Crippen molar-refractivity contribution < 1.29 is 9.47 Å². The molecule has 7 heteroatoms. The summed E-state index contributed by atoms with van der Waals surface area (Å²) in [4.78, 5) is 0. The minimum atomic E-state index is 0. The van der Waals surface area contributed by atoms with Gasteiger partial charge >= 0.3 is 0 Å². The molecule has 0 spiro atoms. The molecule has 0 fully saturated rings. The van der Waals surface area contributed by atoms with Gasteiger partial charge in [-0.2, -0.15) is 0 Å². The molecule has 4 nitrogen and oxygen atoms in total. The first-order valence-electron chi connectivity index (χ1n) is 8.69. The van der Waals surface area contributed by atoms with Crippen molar-refractivity contribution >= 4 is 36.4 Å². The molecule has 0 aliphatic heterocycles. The summed E-state index contributed by atoms with van der Waals surface area (Å²) in [5.41, 5.74) is 2.13. The minimum absolute atomic E-state index is 0. The lowest BCUT2D eigenvalue weighted by Gasteiger charge is -2.13. The summed E-state index contributed by atoms with van der Waals surface area (Å²) < 4.78 is 11.4. The third-order valence-corrected chi connectivity index (χ3v) is 4.22. The van der Waals surface area contributed by atoms with E-state index in [1.165, 1.54) is 5.56 Å². The van der Waals surface area contributed by atoms with Gasteiger partial charge in [-0.1, -0.05) is 42.8 Å². The molecule has 0 bridgehead atoms. The molecule has 2 aromatic carbocycles. The molecule has 0 saturated carbocycles. The van der Waals surface area contributed by atoms with Crippen molar-refractivity contribution in [2.75, 3.05) is 26.7 Å². The fourth-order valence-electron chi connectivity index (χ4n) is 2.46. The highest BCUT2D eigenvalue weighted by Crippen LogP contribution is 2.29. The maximum absolute atomic E-state index is 6.17. The first-order valence-corrected chi connectivity index (χ1v) is 9.07. The molecule has 0 aliphatic carbocycles. The summed E-state index contributed by atoms with van der Waals surface area (Å²) in [5.74, 6) is 1.46. The molecule has 27 heavy (non-hydrogen) atoms. The summed E-state index contributed by atoms with van der Waals surface area (Å²) >= 11 is 6.17. The van der Waals surface area contributed by atoms with E-state index in [-0.39, 0.29) is 24.8 Å². The Bertz CT molecular complexity index is 657. The van der Waals surface area contributed by atoms with Crippen LogP contribution in [-0.2, 0) is 13.2 Å². The normalized spacial score (nSPS) is 9.89. The highest BCUT2D eigenvalue weighted by Gasteiger charge is 2.07. The van der Waals surface area contributed by atoms with E-state index in [0.717, 1.165) is 49.7 Å². The largest absolute Gasteiger partial charge is 0.493 e. The number of ether oxygens (including phenoxy) is 2. The average molecular weight is 436 g/mol. The van der Waals surface area contributed by atoms with Crippen LogP contribution < -0.4 is 20.1 Å². The van der Waals surface area contributed by atoms with Crippen molar-refractivity contribution in [3.8, 4) is 11.5 Å². The fourth-order valence-corrected chi connectivity index (χ4v) is 2.65. The van der Waals surface area contributed by atoms with E-state index in [1.54, 1.807) is 7.11 Å². The molecule has 0 amide bonds. The molecule has 2 N–H and O–H groups in total. The van der Waals surface area contributed by atoms with Gasteiger partial charge in [0.1, 0.15) is 6.61 Å². The van der Waals surface area contributed by atoms with E-state index < -0.39 is 0 Å². The van der Waals surface area contributed by atoms with Crippen LogP contribution in [0.3, 0.4) is 0 Å². The Morgan fingerprint density at radius 3 is 2.41 bits per heavy atom. The number of methoxy groups -OCH3 is 1. The maximum atomic E-state index is 6.17. The molecule has 0 unspecified atom stereocenters. The van der Waals surface area contributed by atoms with E-state index in [9.17, 15) is 0 Å². The van der Waals surface area contributed by atoms with E-state index in [4.69, 9.17) is 21.1 Å². The van der Waals surface area contributed by atoms with Crippen LogP contribution in [-0.4, -0.2) is 26.7 Å². The predicted molar refractivity (Wildman–Crippen MR) is 118 cm³/mol. The second kappa shape index (κ2) is 14.8. The van der Waals surface area contributed by atoms with Crippen LogP contribution in [0.5, 0.6) is 11.5 Å². The third kappa shape index (κ3) is 9.04. The third-order valence-electron chi connectivity index (χ3n) is 3.86. The number of benzene rings is 2. The zero-order chi connectivity index (χ0) is 17.9. The van der Waals surface area contributed by atoms with Crippen LogP contribution in [0.1, 0.15) is 24.5 Å². The zero-order valence-corrected chi connectivity index (χ0v) is 18.2. The second-order valence-electron chi connectivity index (χ2n) is 5.75. The van der Waals surface area contributed by atoms with Gasteiger partial charge in [0.25, 0.3) is 0 Å². The predicted octanol–water partition coefficient (Wildman–Crippen LogP) is 4.86. The average Bonchev–Trinajstić information content (AvgIpc) is 2.64. The topological polar surface area (TPSA) is 42.5 Å². The number of hydrogen-bond acceptors (Lipinski definition) is 4. The Morgan fingerprint density at radius 2 is 1.70 bits per heavy atom. The van der Waals surface area contributed by atoms with Crippen molar-refractivity contribution in [1.82, 2.24) is 10.6 Å². The summed E-state index contributed by atoms with van der Waals surface area (Å²) in [5, 5.41) is 7.47. The Kier molecular flexibility index (Phi) is 14.2. The van der Waals surface area contributed by atoms with Gasteiger partial charge in [-0.25, -0.2) is 0 Å². The Labute approximate surface area is 179 Å². The second-order valence-corrected chi connectivity index (χ2v) is 6.16. The summed E-state index contributed by atoms with van der Waals surface area (Å²) in [6, 6.07) is 13.7.